The van der Waals surface area contributed by atoms with E-state index in [0.29, 0.717) is 17.9 Å². The van der Waals surface area contributed by atoms with E-state index in [4.69, 9.17) is 10.5 Å². The van der Waals surface area contributed by atoms with Gasteiger partial charge in [0.15, 0.2) is 0 Å². The summed E-state index contributed by atoms with van der Waals surface area (Å²) >= 11 is 1.69. The first-order valence-electron chi connectivity index (χ1n) is 8.00. The molecule has 25 heavy (non-hydrogen) atoms. The first kappa shape index (κ1) is 17.8. The number of thioether (sulfide) groups is 1. The molecule has 7 nitrogen and oxygen atoms in total. The lowest BCUT2D eigenvalue weighted by molar-refractivity contribution is -0.148. The Labute approximate surface area is 150 Å². The summed E-state index contributed by atoms with van der Waals surface area (Å²) in [4.78, 5) is 37.3. The Morgan fingerprint density at radius 3 is 2.60 bits per heavy atom. The van der Waals surface area contributed by atoms with Crippen LogP contribution < -0.4 is 15.8 Å². The monoisotopic (exact) mass is 363 g/mol. The van der Waals surface area contributed by atoms with Gasteiger partial charge in [0.25, 0.3) is 0 Å². The highest BCUT2D eigenvalue weighted by Crippen LogP contribution is 2.46. The second-order valence-corrected chi connectivity index (χ2v) is 8.68. The summed E-state index contributed by atoms with van der Waals surface area (Å²) in [6.07, 6.45) is 0. The molecular weight excluding hydrogens is 342 g/mol. The van der Waals surface area contributed by atoms with Gasteiger partial charge in [-0.25, -0.2) is 0 Å². The molecule has 3 rings (SSSR count). The zero-order valence-corrected chi connectivity index (χ0v) is 15.1. The molecule has 134 valence electrons. The summed E-state index contributed by atoms with van der Waals surface area (Å²) in [6, 6.07) is 5.00. The van der Waals surface area contributed by atoms with E-state index < -0.39 is 24.0 Å². The molecule has 0 aliphatic carbocycles. The van der Waals surface area contributed by atoms with Gasteiger partial charge in [-0.15, -0.1) is 11.8 Å². The van der Waals surface area contributed by atoms with E-state index >= 15 is 0 Å². The summed E-state index contributed by atoms with van der Waals surface area (Å²) in [5.74, 6) is -0.490. The van der Waals surface area contributed by atoms with Gasteiger partial charge in [0, 0.05) is 18.2 Å². The van der Waals surface area contributed by atoms with Crippen LogP contribution >= 0.6 is 11.8 Å². The van der Waals surface area contributed by atoms with Gasteiger partial charge in [-0.2, -0.15) is 0 Å². The minimum Gasteiger partial charge on any atom is -0.427 e. The van der Waals surface area contributed by atoms with Crippen molar-refractivity contribution in [1.29, 1.82) is 0 Å². The lowest BCUT2D eigenvalue weighted by Crippen LogP contribution is -2.67. The van der Waals surface area contributed by atoms with Crippen molar-refractivity contribution < 1.29 is 19.1 Å². The molecule has 0 spiro atoms. The van der Waals surface area contributed by atoms with Crippen LogP contribution in [0.2, 0.25) is 0 Å². The number of esters is 1. The molecule has 2 aliphatic heterocycles. The highest BCUT2D eigenvalue weighted by atomic mass is 32.2. The van der Waals surface area contributed by atoms with E-state index in [-0.39, 0.29) is 16.0 Å². The fraction of sp³-hybridized carbons (Fsp3) is 0.471. The molecule has 0 aromatic heterocycles. The first-order valence-corrected chi connectivity index (χ1v) is 8.88. The molecule has 0 radical (unpaired) electrons. The lowest BCUT2D eigenvalue weighted by Gasteiger charge is -2.41. The number of β-lactam (4-membered cyclic amide) rings is 1. The quantitative estimate of drug-likeness (QED) is 0.466. The molecule has 1 aromatic carbocycles. The predicted molar refractivity (Wildman–Crippen MR) is 93.8 cm³/mol. The fourth-order valence-corrected chi connectivity index (χ4v) is 4.53. The number of carbonyl (C=O) groups excluding carboxylic acids is 3. The Bertz CT molecular complexity index is 719. The molecule has 8 heteroatoms. The molecule has 3 atom stereocenters. The molecule has 2 fully saturated rings. The topological polar surface area (TPSA) is 102 Å². The van der Waals surface area contributed by atoms with Gasteiger partial charge in [-0.05, 0) is 31.5 Å². The number of nitrogens with two attached hydrogens (primary N) is 1. The van der Waals surface area contributed by atoms with Crippen LogP contribution in [0.25, 0.3) is 0 Å². The molecule has 2 saturated heterocycles. The first-order chi connectivity index (χ1) is 11.7. The third-order valence-corrected chi connectivity index (χ3v) is 5.75. The molecule has 1 aromatic rings. The van der Waals surface area contributed by atoms with Gasteiger partial charge >= 0.3 is 5.97 Å². The molecule has 0 saturated carbocycles. The smallest absolute Gasteiger partial charge is 0.308 e. The van der Waals surface area contributed by atoms with Gasteiger partial charge in [0.1, 0.15) is 23.2 Å². The van der Waals surface area contributed by atoms with Crippen molar-refractivity contribution in [3.8, 4) is 5.75 Å². The van der Waals surface area contributed by atoms with E-state index in [1.807, 2.05) is 0 Å². The standard InChI is InChI=1S/C17H21N3O4S/c1-9(21)24-11-6-4-10(5-7-11)12(18)14(22)19-13-15(23)20-8-17(2,3)25-16(13)20/h4-7,12-13,16H,8,18H2,1-3H3,(H,19,22)/t12-,13+,16?/m1/s1. The molecular formula is C17H21N3O4S. The molecule has 1 unspecified atom stereocenters. The maximum absolute atomic E-state index is 12.4. The number of carbonyl (C=O) groups is 3. The molecule has 3 N–H and O–H groups in total. The summed E-state index contributed by atoms with van der Waals surface area (Å²) < 4.78 is 4.94. The van der Waals surface area contributed by atoms with Crippen molar-refractivity contribution >= 4 is 29.5 Å². The number of rotatable bonds is 4. The van der Waals surface area contributed by atoms with Gasteiger partial charge in [-0.1, -0.05) is 12.1 Å². The summed E-state index contributed by atoms with van der Waals surface area (Å²) in [5.41, 5.74) is 6.58. The van der Waals surface area contributed by atoms with Crippen molar-refractivity contribution in [1.82, 2.24) is 10.2 Å². The average Bonchev–Trinajstić information content (AvgIpc) is 2.84. The van der Waals surface area contributed by atoms with Gasteiger partial charge in [-0.3, -0.25) is 14.4 Å². The maximum Gasteiger partial charge on any atom is 0.308 e. The Morgan fingerprint density at radius 1 is 1.36 bits per heavy atom. The Kier molecular flexibility index (Phi) is 4.51. The van der Waals surface area contributed by atoms with E-state index in [1.54, 1.807) is 40.9 Å². The average molecular weight is 363 g/mol. The van der Waals surface area contributed by atoms with Crippen molar-refractivity contribution in [2.75, 3.05) is 6.54 Å². The third kappa shape index (κ3) is 3.50. The predicted octanol–water partition coefficient (Wildman–Crippen LogP) is 0.790. The van der Waals surface area contributed by atoms with Crippen LogP contribution in [-0.4, -0.2) is 45.4 Å². The molecule has 2 amide bonds. The number of hydrogen-bond donors (Lipinski definition) is 2. The van der Waals surface area contributed by atoms with Gasteiger partial charge < -0.3 is 20.7 Å². The second kappa shape index (κ2) is 6.34. The Balaban J connectivity index is 1.62. The maximum atomic E-state index is 12.4. The van der Waals surface area contributed by atoms with Crippen molar-refractivity contribution in [3.63, 3.8) is 0 Å². The van der Waals surface area contributed by atoms with Crippen LogP contribution in [0, 0.1) is 0 Å². The molecule has 2 heterocycles. The van der Waals surface area contributed by atoms with Crippen LogP contribution in [0.4, 0.5) is 0 Å². The normalized spacial score (nSPS) is 25.0. The third-order valence-electron chi connectivity index (χ3n) is 4.21. The number of benzene rings is 1. The number of nitrogens with one attached hydrogen (secondary N) is 1. The van der Waals surface area contributed by atoms with Crippen LogP contribution in [0.1, 0.15) is 32.4 Å². The summed E-state index contributed by atoms with van der Waals surface area (Å²) in [7, 11) is 0. The van der Waals surface area contributed by atoms with E-state index in [0.717, 1.165) is 0 Å². The minimum atomic E-state index is -0.896. The SMILES string of the molecule is CC(=O)Oc1ccc([C@@H](N)C(=O)N[C@H]2C(=O)N3CC(C)(C)SC23)cc1. The second-order valence-electron chi connectivity index (χ2n) is 6.86. The highest BCUT2D eigenvalue weighted by molar-refractivity contribution is 8.01. The lowest BCUT2D eigenvalue weighted by atomic mass is 10.0. The largest absolute Gasteiger partial charge is 0.427 e. The van der Waals surface area contributed by atoms with Crippen LogP contribution in [-0.2, 0) is 14.4 Å². The fourth-order valence-electron chi connectivity index (χ4n) is 3.03. The zero-order valence-electron chi connectivity index (χ0n) is 14.3. The number of nitrogens with zero attached hydrogens (tertiary/aromatic N) is 1. The Hall–Kier alpha value is -2.06. The minimum absolute atomic E-state index is 0.00549. The number of amides is 2. The molecule has 2 aliphatic rings. The Morgan fingerprint density at radius 2 is 2.00 bits per heavy atom. The van der Waals surface area contributed by atoms with Crippen molar-refractivity contribution in [2.45, 2.75) is 43.0 Å². The van der Waals surface area contributed by atoms with Crippen LogP contribution in [0.5, 0.6) is 5.75 Å². The van der Waals surface area contributed by atoms with E-state index in [9.17, 15) is 14.4 Å². The summed E-state index contributed by atoms with van der Waals surface area (Å²) in [6.45, 7) is 6.17. The van der Waals surface area contributed by atoms with Crippen molar-refractivity contribution in [3.05, 3.63) is 29.8 Å². The summed E-state index contributed by atoms with van der Waals surface area (Å²) in [5, 5.41) is 2.74. The number of fused-ring (bicyclic) bond motifs is 1. The molecule has 0 bridgehead atoms. The van der Waals surface area contributed by atoms with Gasteiger partial charge in [0.05, 0.1) is 0 Å². The zero-order chi connectivity index (χ0) is 18.4. The van der Waals surface area contributed by atoms with Crippen LogP contribution in [0.15, 0.2) is 24.3 Å². The van der Waals surface area contributed by atoms with E-state index in [1.165, 1.54) is 6.92 Å². The highest BCUT2D eigenvalue weighted by Gasteiger charge is 2.56. The van der Waals surface area contributed by atoms with E-state index in [2.05, 4.69) is 19.2 Å². The number of hydrogen-bond acceptors (Lipinski definition) is 6. The number of ether oxygens (including phenoxy) is 1. The van der Waals surface area contributed by atoms with Gasteiger partial charge in [0.2, 0.25) is 11.8 Å². The van der Waals surface area contributed by atoms with Crippen LogP contribution in [0.3, 0.4) is 0 Å². The van der Waals surface area contributed by atoms with Crippen molar-refractivity contribution in [2.24, 2.45) is 5.73 Å².